The Morgan fingerprint density at radius 3 is 2.43 bits per heavy atom. The molecule has 0 radical (unpaired) electrons. The number of nitrogens with zero attached hydrogens (tertiary/aromatic N) is 3. The highest BCUT2D eigenvalue weighted by Crippen LogP contribution is 2.12. The number of nitrogens with one attached hydrogen (secondary N) is 1. The van der Waals surface area contributed by atoms with E-state index in [0.717, 1.165) is 36.5 Å². The predicted molar refractivity (Wildman–Crippen MR) is 84.5 cm³/mol. The van der Waals surface area contributed by atoms with Crippen LogP contribution in [0.25, 0.3) is 0 Å². The first kappa shape index (κ1) is 16.0. The summed E-state index contributed by atoms with van der Waals surface area (Å²) in [4.78, 5) is 14.8. The Balaban J connectivity index is 1.74. The Morgan fingerprint density at radius 2 is 1.86 bits per heavy atom. The summed E-state index contributed by atoms with van der Waals surface area (Å²) in [5.41, 5.74) is 2.46. The minimum atomic E-state index is 0.00830. The van der Waals surface area contributed by atoms with Crippen LogP contribution in [0.3, 0.4) is 0 Å². The molecule has 1 fully saturated rings. The van der Waals surface area contributed by atoms with E-state index in [1.165, 1.54) is 38.8 Å². The Kier molecular flexibility index (Phi) is 5.79. The van der Waals surface area contributed by atoms with Crippen molar-refractivity contribution in [1.82, 2.24) is 20.0 Å². The minimum absolute atomic E-state index is 0.00830. The first-order valence-electron chi connectivity index (χ1n) is 8.10. The van der Waals surface area contributed by atoms with Crippen LogP contribution in [0.15, 0.2) is 0 Å². The van der Waals surface area contributed by atoms with Gasteiger partial charge in [-0.3, -0.25) is 9.48 Å². The molecule has 1 saturated heterocycles. The summed E-state index contributed by atoms with van der Waals surface area (Å²) in [6, 6.07) is 0. The van der Waals surface area contributed by atoms with Gasteiger partial charge in [0.15, 0.2) is 0 Å². The molecule has 1 aliphatic heterocycles. The molecule has 1 N–H and O–H groups in total. The van der Waals surface area contributed by atoms with Crippen molar-refractivity contribution < 1.29 is 4.79 Å². The highest BCUT2D eigenvalue weighted by Gasteiger charge is 2.16. The molecule has 1 amide bonds. The van der Waals surface area contributed by atoms with Crippen molar-refractivity contribution in [2.75, 3.05) is 26.2 Å². The lowest BCUT2D eigenvalue weighted by Gasteiger charge is -2.19. The summed E-state index contributed by atoms with van der Waals surface area (Å²) >= 11 is 0. The molecular weight excluding hydrogens is 264 g/mol. The van der Waals surface area contributed by atoms with E-state index >= 15 is 0 Å². The molecular formula is C16H28N4O. The van der Waals surface area contributed by atoms with Crippen molar-refractivity contribution in [3.05, 3.63) is 17.0 Å². The van der Waals surface area contributed by atoms with Crippen LogP contribution in [-0.2, 0) is 7.05 Å². The van der Waals surface area contributed by atoms with Crippen LogP contribution in [0, 0.1) is 13.8 Å². The number of amides is 1. The predicted octanol–water partition coefficient (Wildman–Crippen LogP) is 2.03. The second kappa shape index (κ2) is 7.59. The molecule has 5 heteroatoms. The molecule has 5 nitrogen and oxygen atoms in total. The molecule has 118 valence electrons. The number of aromatic nitrogens is 2. The molecule has 0 bridgehead atoms. The van der Waals surface area contributed by atoms with Crippen LogP contribution in [0.1, 0.15) is 53.8 Å². The summed E-state index contributed by atoms with van der Waals surface area (Å²) in [6.45, 7) is 8.09. The maximum atomic E-state index is 12.2. The molecule has 1 aromatic heterocycles. The zero-order valence-electron chi connectivity index (χ0n) is 13.6. The third-order valence-electron chi connectivity index (χ3n) is 4.37. The van der Waals surface area contributed by atoms with Crippen molar-refractivity contribution in [3.8, 4) is 0 Å². The van der Waals surface area contributed by atoms with E-state index in [-0.39, 0.29) is 5.91 Å². The molecule has 0 saturated carbocycles. The van der Waals surface area contributed by atoms with Gasteiger partial charge in [-0.05, 0) is 52.7 Å². The molecule has 21 heavy (non-hydrogen) atoms. The second-order valence-electron chi connectivity index (χ2n) is 6.03. The number of carbonyl (C=O) groups excluding carboxylic acids is 1. The standard InChI is InChI=1S/C16H28N4O/c1-13-15(14(2)19(3)18-13)16(21)17-9-8-12-20-10-6-4-5-7-11-20/h4-12H2,1-3H3,(H,17,21). The minimum Gasteiger partial charge on any atom is -0.352 e. The average Bonchev–Trinajstić information content (AvgIpc) is 2.64. The molecule has 1 aliphatic rings. The van der Waals surface area contributed by atoms with E-state index in [1.807, 2.05) is 20.9 Å². The Bertz CT molecular complexity index is 473. The van der Waals surface area contributed by atoms with Crippen molar-refractivity contribution >= 4 is 5.91 Å². The number of hydrogen-bond donors (Lipinski definition) is 1. The highest BCUT2D eigenvalue weighted by atomic mass is 16.1. The fraction of sp³-hybridized carbons (Fsp3) is 0.750. The number of carbonyl (C=O) groups is 1. The van der Waals surface area contributed by atoms with Crippen molar-refractivity contribution in [2.24, 2.45) is 7.05 Å². The maximum Gasteiger partial charge on any atom is 0.255 e. The molecule has 0 aliphatic carbocycles. The lowest BCUT2D eigenvalue weighted by molar-refractivity contribution is 0.0950. The Hall–Kier alpha value is -1.36. The van der Waals surface area contributed by atoms with Crippen LogP contribution in [0.4, 0.5) is 0 Å². The normalized spacial score (nSPS) is 16.7. The zero-order valence-corrected chi connectivity index (χ0v) is 13.6. The fourth-order valence-electron chi connectivity index (χ4n) is 3.05. The largest absolute Gasteiger partial charge is 0.352 e. The third-order valence-corrected chi connectivity index (χ3v) is 4.37. The number of rotatable bonds is 5. The van der Waals surface area contributed by atoms with Gasteiger partial charge in [-0.25, -0.2) is 0 Å². The zero-order chi connectivity index (χ0) is 15.2. The smallest absolute Gasteiger partial charge is 0.255 e. The van der Waals surface area contributed by atoms with Gasteiger partial charge in [0.05, 0.1) is 11.3 Å². The molecule has 2 heterocycles. The lowest BCUT2D eigenvalue weighted by Crippen LogP contribution is -2.31. The lowest BCUT2D eigenvalue weighted by atomic mass is 10.2. The second-order valence-corrected chi connectivity index (χ2v) is 6.03. The number of aryl methyl sites for hydroxylation is 2. The first-order chi connectivity index (χ1) is 10.1. The van der Waals surface area contributed by atoms with Gasteiger partial charge in [0.1, 0.15) is 0 Å². The Morgan fingerprint density at radius 1 is 1.19 bits per heavy atom. The quantitative estimate of drug-likeness (QED) is 0.845. The van der Waals surface area contributed by atoms with Gasteiger partial charge >= 0.3 is 0 Å². The summed E-state index contributed by atoms with van der Waals surface area (Å²) in [7, 11) is 1.87. The molecule has 0 atom stereocenters. The van der Waals surface area contributed by atoms with E-state index < -0.39 is 0 Å². The van der Waals surface area contributed by atoms with E-state index in [4.69, 9.17) is 0 Å². The van der Waals surface area contributed by atoms with Crippen LogP contribution < -0.4 is 5.32 Å². The average molecular weight is 292 g/mol. The van der Waals surface area contributed by atoms with Gasteiger partial charge < -0.3 is 10.2 Å². The topological polar surface area (TPSA) is 50.2 Å². The van der Waals surface area contributed by atoms with E-state index in [2.05, 4.69) is 15.3 Å². The summed E-state index contributed by atoms with van der Waals surface area (Å²) in [5.74, 6) is 0.00830. The Labute approximate surface area is 127 Å². The maximum absolute atomic E-state index is 12.2. The van der Waals surface area contributed by atoms with Crippen molar-refractivity contribution in [3.63, 3.8) is 0 Å². The van der Waals surface area contributed by atoms with Crippen LogP contribution >= 0.6 is 0 Å². The van der Waals surface area contributed by atoms with E-state index in [9.17, 15) is 4.79 Å². The summed E-state index contributed by atoms with van der Waals surface area (Å²) in [5, 5.41) is 7.32. The SMILES string of the molecule is Cc1nn(C)c(C)c1C(=O)NCCCN1CCCCCC1. The van der Waals surface area contributed by atoms with E-state index in [1.54, 1.807) is 4.68 Å². The van der Waals surface area contributed by atoms with Crippen molar-refractivity contribution in [1.29, 1.82) is 0 Å². The van der Waals surface area contributed by atoms with Crippen LogP contribution in [-0.4, -0.2) is 46.8 Å². The summed E-state index contributed by atoms with van der Waals surface area (Å²) in [6.07, 6.45) is 6.39. The monoisotopic (exact) mass is 292 g/mol. The van der Waals surface area contributed by atoms with Gasteiger partial charge in [0, 0.05) is 19.3 Å². The molecule has 2 rings (SSSR count). The van der Waals surface area contributed by atoms with Gasteiger partial charge in [-0.2, -0.15) is 5.10 Å². The third kappa shape index (κ3) is 4.30. The van der Waals surface area contributed by atoms with Gasteiger partial charge in [-0.15, -0.1) is 0 Å². The van der Waals surface area contributed by atoms with Crippen molar-refractivity contribution in [2.45, 2.75) is 46.0 Å². The van der Waals surface area contributed by atoms with Gasteiger partial charge in [-0.1, -0.05) is 12.8 Å². The van der Waals surface area contributed by atoms with Gasteiger partial charge in [0.2, 0.25) is 0 Å². The number of hydrogen-bond acceptors (Lipinski definition) is 3. The number of likely N-dealkylation sites (tertiary alicyclic amines) is 1. The summed E-state index contributed by atoms with van der Waals surface area (Å²) < 4.78 is 1.77. The van der Waals surface area contributed by atoms with Crippen LogP contribution in [0.5, 0.6) is 0 Å². The van der Waals surface area contributed by atoms with Gasteiger partial charge in [0.25, 0.3) is 5.91 Å². The fourth-order valence-corrected chi connectivity index (χ4v) is 3.05. The molecule has 0 unspecified atom stereocenters. The first-order valence-corrected chi connectivity index (χ1v) is 8.10. The molecule has 0 aromatic carbocycles. The molecule has 0 spiro atoms. The van der Waals surface area contributed by atoms with Crippen LogP contribution in [0.2, 0.25) is 0 Å². The van der Waals surface area contributed by atoms with E-state index in [0.29, 0.717) is 0 Å². The molecule has 1 aromatic rings. The highest BCUT2D eigenvalue weighted by molar-refractivity contribution is 5.96.